The van der Waals surface area contributed by atoms with Gasteiger partial charge in [-0.05, 0) is 85.8 Å². The van der Waals surface area contributed by atoms with E-state index < -0.39 is 23.3 Å². The Labute approximate surface area is 253 Å². The van der Waals surface area contributed by atoms with E-state index in [0.717, 1.165) is 50.9 Å². The Morgan fingerprint density at radius 2 is 1.14 bits per heavy atom. The van der Waals surface area contributed by atoms with Crippen LogP contribution in [0.1, 0.15) is 61.7 Å². The molecule has 0 spiro atoms. The van der Waals surface area contributed by atoms with Gasteiger partial charge >= 0.3 is 0 Å². The van der Waals surface area contributed by atoms with Crippen molar-refractivity contribution in [1.29, 1.82) is 0 Å². The van der Waals surface area contributed by atoms with E-state index in [4.69, 9.17) is 0 Å². The van der Waals surface area contributed by atoms with Crippen molar-refractivity contribution in [2.75, 3.05) is 13.1 Å². The molecule has 0 amide bonds. The number of carbonyl (C=O) groups excluding carboxylic acids is 1. The number of carbonyl (C=O) groups is 1. The van der Waals surface area contributed by atoms with Crippen LogP contribution in [0.5, 0.6) is 0 Å². The van der Waals surface area contributed by atoms with Gasteiger partial charge in [0.2, 0.25) is 0 Å². The van der Waals surface area contributed by atoms with E-state index >= 15 is 0 Å². The van der Waals surface area contributed by atoms with Crippen molar-refractivity contribution >= 4 is 18.2 Å². The van der Waals surface area contributed by atoms with Gasteiger partial charge in [-0.15, -0.1) is 0 Å². The Morgan fingerprint density at radius 3 is 1.59 bits per heavy atom. The molecule has 8 rings (SSSR count). The fraction of sp³-hybridized carbons (Fsp3) is 0.545. The van der Waals surface area contributed by atoms with Crippen LogP contribution < -0.4 is 10.6 Å². The van der Waals surface area contributed by atoms with Gasteiger partial charge in [0.25, 0.3) is 0 Å². The van der Waals surface area contributed by atoms with Crippen molar-refractivity contribution in [2.45, 2.75) is 62.9 Å². The molecule has 10 atom stereocenters. The molecule has 2 aromatic rings. The number of nitrogens with one attached hydrogen (secondary N) is 2. The van der Waals surface area contributed by atoms with Crippen LogP contribution in [-0.2, 0) is 4.79 Å². The maximum absolute atomic E-state index is 14.7. The summed E-state index contributed by atoms with van der Waals surface area (Å²) in [6.07, 6.45) is 7.46. The topological polar surface area (TPSA) is 72.3 Å². The fourth-order valence-corrected chi connectivity index (χ4v) is 9.25. The second-order valence-corrected chi connectivity index (χ2v) is 13.5. The monoisotopic (exact) mass is 608 g/mol. The van der Waals surface area contributed by atoms with Gasteiger partial charge in [-0.2, -0.15) is 10.2 Å². The van der Waals surface area contributed by atoms with E-state index in [1.54, 1.807) is 12.4 Å². The van der Waals surface area contributed by atoms with Gasteiger partial charge < -0.3 is 0 Å². The lowest BCUT2D eigenvalue weighted by Gasteiger charge is -2.34. The molecule has 0 bridgehead atoms. The summed E-state index contributed by atoms with van der Waals surface area (Å²) < 4.78 is 57.4. The van der Waals surface area contributed by atoms with Gasteiger partial charge in [0, 0.05) is 61.3 Å². The second-order valence-electron chi connectivity index (χ2n) is 13.5. The highest BCUT2D eigenvalue weighted by Crippen LogP contribution is 2.50. The van der Waals surface area contributed by atoms with E-state index in [1.807, 2.05) is 10.0 Å². The predicted octanol–water partition coefficient (Wildman–Crippen LogP) is 5.12. The molecule has 4 fully saturated rings. The number of hydrazone groups is 2. The van der Waals surface area contributed by atoms with Crippen LogP contribution >= 0.6 is 0 Å². The number of hydrogen-bond acceptors (Lipinski definition) is 7. The summed E-state index contributed by atoms with van der Waals surface area (Å²) >= 11 is 0. The largest absolute Gasteiger partial charge is 0.299 e. The molecule has 6 aliphatic rings. The Hall–Kier alpha value is -3.31. The lowest BCUT2D eigenvalue weighted by Crippen LogP contribution is -2.43. The number of benzene rings is 2. The zero-order chi connectivity index (χ0) is 30.1. The molecule has 2 aromatic carbocycles. The summed E-state index contributed by atoms with van der Waals surface area (Å²) in [6.45, 7) is 1.55. The summed E-state index contributed by atoms with van der Waals surface area (Å²) in [5, 5.41) is 20.1. The lowest BCUT2D eigenvalue weighted by molar-refractivity contribution is -0.127. The van der Waals surface area contributed by atoms with Gasteiger partial charge in [0.05, 0.1) is 12.1 Å². The fourth-order valence-electron chi connectivity index (χ4n) is 9.25. The van der Waals surface area contributed by atoms with E-state index in [0.29, 0.717) is 41.6 Å². The zero-order valence-electron chi connectivity index (χ0n) is 24.3. The number of halogens is 4. The number of hydrogen-bond donors (Lipinski definition) is 2. The molecule has 4 aliphatic heterocycles. The molecule has 0 aromatic heterocycles. The van der Waals surface area contributed by atoms with Gasteiger partial charge in [0.1, 0.15) is 41.4 Å². The van der Waals surface area contributed by atoms with E-state index in [9.17, 15) is 22.4 Å². The standard InChI is InChI=1S/C33H36F4N6O/c34-21-1-3-27(36)25(13-21)29-5-7-40-42(29)32-23-11-17(9-19(23)15-38-32)31(44)18-10-20-16-39-33(24(20)12-18)43-30(6-8-41-43)26-14-22(35)2-4-28(26)37/h1-4,7-8,13-14,17-20,23-24,29-30,32-33,38-39H,5-6,9-12,15-16H2/t17?,18?,19-,20-,23-,24-,29?,30?,32?,33?/m0/s1. The summed E-state index contributed by atoms with van der Waals surface area (Å²) in [6, 6.07) is 6.36. The maximum Gasteiger partial charge on any atom is 0.139 e. The van der Waals surface area contributed by atoms with Gasteiger partial charge in [-0.25, -0.2) is 17.6 Å². The highest BCUT2D eigenvalue weighted by atomic mass is 19.1. The van der Waals surface area contributed by atoms with E-state index in [2.05, 4.69) is 20.8 Å². The average molecular weight is 609 g/mol. The number of ketones is 1. The minimum absolute atomic E-state index is 0.0280. The van der Waals surface area contributed by atoms with Crippen molar-refractivity contribution in [3.8, 4) is 0 Å². The maximum atomic E-state index is 14.7. The van der Waals surface area contributed by atoms with Gasteiger partial charge in [-0.3, -0.25) is 25.4 Å². The second kappa shape index (κ2) is 10.9. The average Bonchev–Trinajstić information content (AvgIpc) is 3.84. The molecule has 44 heavy (non-hydrogen) atoms. The Morgan fingerprint density at radius 1 is 0.682 bits per heavy atom. The molecule has 11 heteroatoms. The van der Waals surface area contributed by atoms with Crippen molar-refractivity contribution in [2.24, 2.45) is 45.7 Å². The summed E-state index contributed by atoms with van der Waals surface area (Å²) in [7, 11) is 0. The Balaban J connectivity index is 0.936. The molecular formula is C33H36F4N6O. The Kier molecular flexibility index (Phi) is 7.01. The van der Waals surface area contributed by atoms with E-state index in [1.165, 1.54) is 24.3 Å². The minimum Gasteiger partial charge on any atom is -0.299 e. The van der Waals surface area contributed by atoms with Crippen LogP contribution in [0.3, 0.4) is 0 Å². The molecule has 6 unspecified atom stereocenters. The quantitative estimate of drug-likeness (QED) is 0.446. The third kappa shape index (κ3) is 4.65. The van der Waals surface area contributed by atoms with Gasteiger partial charge in [0.15, 0.2) is 0 Å². The number of Topliss-reactive ketones (excluding diaryl/α,β-unsaturated/α-hetero) is 1. The van der Waals surface area contributed by atoms with Crippen LogP contribution in [0.15, 0.2) is 46.6 Å². The van der Waals surface area contributed by atoms with Crippen LogP contribution in [0.2, 0.25) is 0 Å². The third-order valence-corrected chi connectivity index (χ3v) is 11.2. The van der Waals surface area contributed by atoms with E-state index in [-0.39, 0.29) is 48.1 Å². The Bertz CT molecular complexity index is 1410. The van der Waals surface area contributed by atoms with Crippen LogP contribution in [0.4, 0.5) is 17.6 Å². The molecule has 2 N–H and O–H groups in total. The SMILES string of the molecule is O=C(C1C[C@H]2CNC(N3N=CCC3c3cc(F)ccc3F)[C@H]2C1)C1C[C@H]2CNC(N3N=CCC3c3cc(F)ccc3F)[C@H]2C1. The molecule has 2 aliphatic carbocycles. The molecule has 2 saturated heterocycles. The molecule has 7 nitrogen and oxygen atoms in total. The lowest BCUT2D eigenvalue weighted by atomic mass is 9.88. The summed E-state index contributed by atoms with van der Waals surface area (Å²) in [4.78, 5) is 14.0. The third-order valence-electron chi connectivity index (χ3n) is 11.2. The molecular weight excluding hydrogens is 572 g/mol. The van der Waals surface area contributed by atoms with Crippen molar-refractivity contribution in [3.05, 3.63) is 70.8 Å². The van der Waals surface area contributed by atoms with Crippen molar-refractivity contribution in [3.63, 3.8) is 0 Å². The first-order chi connectivity index (χ1) is 21.4. The number of fused-ring (bicyclic) bond motifs is 2. The smallest absolute Gasteiger partial charge is 0.139 e. The first-order valence-corrected chi connectivity index (χ1v) is 15.9. The highest BCUT2D eigenvalue weighted by molar-refractivity contribution is 5.84. The molecule has 2 saturated carbocycles. The molecule has 232 valence electrons. The number of nitrogens with zero attached hydrogens (tertiary/aromatic N) is 4. The summed E-state index contributed by atoms with van der Waals surface area (Å²) in [5.74, 6) is -0.462. The predicted molar refractivity (Wildman–Crippen MR) is 156 cm³/mol. The normalized spacial score (nSPS) is 37.4. The van der Waals surface area contributed by atoms with Crippen LogP contribution in [-0.4, -0.2) is 53.7 Å². The minimum atomic E-state index is -0.469. The molecule has 0 radical (unpaired) electrons. The van der Waals surface area contributed by atoms with Crippen LogP contribution in [0, 0.1) is 58.8 Å². The summed E-state index contributed by atoms with van der Waals surface area (Å²) in [5.41, 5.74) is 0.618. The van der Waals surface area contributed by atoms with Crippen molar-refractivity contribution in [1.82, 2.24) is 20.7 Å². The number of rotatable bonds is 6. The molecule has 4 heterocycles. The zero-order valence-corrected chi connectivity index (χ0v) is 24.3. The van der Waals surface area contributed by atoms with Crippen LogP contribution in [0.25, 0.3) is 0 Å². The van der Waals surface area contributed by atoms with Crippen molar-refractivity contribution < 1.29 is 22.4 Å². The first-order valence-electron chi connectivity index (χ1n) is 15.9. The van der Waals surface area contributed by atoms with Gasteiger partial charge in [-0.1, -0.05) is 0 Å². The highest BCUT2D eigenvalue weighted by Gasteiger charge is 2.53. The first kappa shape index (κ1) is 28.2.